The Morgan fingerprint density at radius 3 is 2.78 bits per heavy atom. The van der Waals surface area contributed by atoms with Crippen molar-refractivity contribution in [3.8, 4) is 0 Å². The highest BCUT2D eigenvalue weighted by Gasteiger charge is 2.34. The number of rotatable bonds is 4. The van der Waals surface area contributed by atoms with E-state index in [1.54, 1.807) is 4.90 Å². The minimum Gasteiger partial charge on any atom is -0.356 e. The normalized spacial score (nSPS) is 19.1. The van der Waals surface area contributed by atoms with Gasteiger partial charge in [-0.25, -0.2) is 0 Å². The van der Waals surface area contributed by atoms with Crippen molar-refractivity contribution in [2.75, 3.05) is 18.0 Å². The summed E-state index contributed by atoms with van der Waals surface area (Å²) in [7, 11) is 0. The van der Waals surface area contributed by atoms with Crippen molar-refractivity contribution in [2.24, 2.45) is 5.92 Å². The minimum absolute atomic E-state index is 0.0105. The highest BCUT2D eigenvalue weighted by Crippen LogP contribution is 2.24. The van der Waals surface area contributed by atoms with Crippen molar-refractivity contribution in [3.63, 3.8) is 0 Å². The van der Waals surface area contributed by atoms with Gasteiger partial charge in [-0.1, -0.05) is 25.1 Å². The van der Waals surface area contributed by atoms with Crippen LogP contribution in [-0.4, -0.2) is 24.9 Å². The van der Waals surface area contributed by atoms with Crippen LogP contribution in [0.25, 0.3) is 0 Å². The first-order valence-electron chi connectivity index (χ1n) is 6.35. The predicted octanol–water partition coefficient (Wildman–Crippen LogP) is 1.57. The standard InChI is InChI=1S/C14H18N2O2/c1-2-8-15-14(18)11-9-13(17)16(10-11)12-6-4-3-5-7-12/h3-7,11H,2,8-10H2,1H3,(H,15,18). The molecule has 1 aromatic carbocycles. The van der Waals surface area contributed by atoms with Gasteiger partial charge in [0.2, 0.25) is 11.8 Å². The molecule has 2 amide bonds. The zero-order valence-corrected chi connectivity index (χ0v) is 10.6. The summed E-state index contributed by atoms with van der Waals surface area (Å²) in [5.74, 6) is -0.203. The van der Waals surface area contributed by atoms with Gasteiger partial charge in [-0.3, -0.25) is 9.59 Å². The molecule has 0 aliphatic carbocycles. The fraction of sp³-hybridized carbons (Fsp3) is 0.429. The lowest BCUT2D eigenvalue weighted by Crippen LogP contribution is -2.33. The van der Waals surface area contributed by atoms with E-state index in [-0.39, 0.29) is 17.7 Å². The number of anilines is 1. The van der Waals surface area contributed by atoms with Crippen LogP contribution in [0.4, 0.5) is 5.69 Å². The van der Waals surface area contributed by atoms with Gasteiger partial charge in [0.25, 0.3) is 0 Å². The lowest BCUT2D eigenvalue weighted by molar-refractivity contribution is -0.126. The molecule has 0 aromatic heterocycles. The van der Waals surface area contributed by atoms with Gasteiger partial charge >= 0.3 is 0 Å². The fourth-order valence-electron chi connectivity index (χ4n) is 2.13. The Labute approximate surface area is 107 Å². The molecule has 0 spiro atoms. The molecule has 1 aliphatic heterocycles. The highest BCUT2D eigenvalue weighted by atomic mass is 16.2. The van der Waals surface area contributed by atoms with E-state index in [0.29, 0.717) is 19.5 Å². The van der Waals surface area contributed by atoms with Crippen molar-refractivity contribution >= 4 is 17.5 Å². The topological polar surface area (TPSA) is 49.4 Å². The smallest absolute Gasteiger partial charge is 0.227 e. The number of benzene rings is 1. The second-order valence-electron chi connectivity index (χ2n) is 4.53. The van der Waals surface area contributed by atoms with Crippen LogP contribution in [0.15, 0.2) is 30.3 Å². The fourth-order valence-corrected chi connectivity index (χ4v) is 2.13. The largest absolute Gasteiger partial charge is 0.356 e. The Kier molecular flexibility index (Phi) is 3.97. The van der Waals surface area contributed by atoms with E-state index in [1.807, 2.05) is 37.3 Å². The van der Waals surface area contributed by atoms with E-state index < -0.39 is 0 Å². The summed E-state index contributed by atoms with van der Waals surface area (Å²) in [6, 6.07) is 9.49. The molecule has 1 aromatic rings. The Morgan fingerprint density at radius 1 is 1.39 bits per heavy atom. The van der Waals surface area contributed by atoms with Crippen LogP contribution in [0, 0.1) is 5.92 Å². The summed E-state index contributed by atoms with van der Waals surface area (Å²) in [5.41, 5.74) is 0.869. The minimum atomic E-state index is -0.218. The molecule has 4 nitrogen and oxygen atoms in total. The molecule has 0 radical (unpaired) electrons. The summed E-state index contributed by atoms with van der Waals surface area (Å²) >= 11 is 0. The van der Waals surface area contributed by atoms with E-state index in [9.17, 15) is 9.59 Å². The molecular formula is C14H18N2O2. The Hall–Kier alpha value is -1.84. The van der Waals surface area contributed by atoms with Crippen molar-refractivity contribution in [1.29, 1.82) is 0 Å². The quantitative estimate of drug-likeness (QED) is 0.876. The Bertz CT molecular complexity index is 431. The molecule has 1 saturated heterocycles. The number of hydrogen-bond acceptors (Lipinski definition) is 2. The van der Waals surface area contributed by atoms with Gasteiger partial charge in [-0.15, -0.1) is 0 Å². The van der Waals surface area contributed by atoms with Gasteiger partial charge < -0.3 is 10.2 Å². The van der Waals surface area contributed by atoms with E-state index in [2.05, 4.69) is 5.32 Å². The van der Waals surface area contributed by atoms with Crippen LogP contribution in [-0.2, 0) is 9.59 Å². The van der Waals surface area contributed by atoms with Gasteiger partial charge in [0, 0.05) is 25.2 Å². The van der Waals surface area contributed by atoms with Crippen LogP contribution >= 0.6 is 0 Å². The van der Waals surface area contributed by atoms with Crippen LogP contribution < -0.4 is 10.2 Å². The summed E-state index contributed by atoms with van der Waals surface area (Å²) in [6.07, 6.45) is 1.22. The van der Waals surface area contributed by atoms with Gasteiger partial charge in [0.1, 0.15) is 0 Å². The van der Waals surface area contributed by atoms with Gasteiger partial charge in [-0.2, -0.15) is 0 Å². The van der Waals surface area contributed by atoms with E-state index in [1.165, 1.54) is 0 Å². The van der Waals surface area contributed by atoms with Crippen molar-refractivity contribution in [2.45, 2.75) is 19.8 Å². The van der Waals surface area contributed by atoms with Gasteiger partial charge in [0.15, 0.2) is 0 Å². The maximum absolute atomic E-state index is 11.9. The number of amides is 2. The second-order valence-corrected chi connectivity index (χ2v) is 4.53. The molecule has 1 N–H and O–H groups in total. The zero-order chi connectivity index (χ0) is 13.0. The molecule has 1 atom stereocenters. The third-order valence-corrected chi connectivity index (χ3v) is 3.11. The molecular weight excluding hydrogens is 228 g/mol. The first-order valence-corrected chi connectivity index (χ1v) is 6.35. The van der Waals surface area contributed by atoms with Crippen LogP contribution in [0.1, 0.15) is 19.8 Å². The van der Waals surface area contributed by atoms with Crippen molar-refractivity contribution in [1.82, 2.24) is 5.32 Å². The number of nitrogens with zero attached hydrogens (tertiary/aromatic N) is 1. The maximum atomic E-state index is 11.9. The van der Waals surface area contributed by atoms with E-state index in [4.69, 9.17) is 0 Å². The summed E-state index contributed by atoms with van der Waals surface area (Å²) in [5, 5.41) is 2.85. The predicted molar refractivity (Wildman–Crippen MR) is 70.2 cm³/mol. The second kappa shape index (κ2) is 5.67. The molecule has 4 heteroatoms. The van der Waals surface area contributed by atoms with E-state index in [0.717, 1.165) is 12.1 Å². The molecule has 2 rings (SSSR count). The van der Waals surface area contributed by atoms with Crippen molar-refractivity contribution in [3.05, 3.63) is 30.3 Å². The molecule has 0 saturated carbocycles. The molecule has 18 heavy (non-hydrogen) atoms. The summed E-state index contributed by atoms with van der Waals surface area (Å²) in [4.78, 5) is 25.4. The highest BCUT2D eigenvalue weighted by molar-refractivity contribution is 6.00. The van der Waals surface area contributed by atoms with Crippen LogP contribution in [0.5, 0.6) is 0 Å². The first kappa shape index (κ1) is 12.6. The molecule has 96 valence electrons. The van der Waals surface area contributed by atoms with Gasteiger partial charge in [-0.05, 0) is 18.6 Å². The Morgan fingerprint density at radius 2 is 2.11 bits per heavy atom. The van der Waals surface area contributed by atoms with Gasteiger partial charge in [0.05, 0.1) is 5.92 Å². The van der Waals surface area contributed by atoms with E-state index >= 15 is 0 Å². The zero-order valence-electron chi connectivity index (χ0n) is 10.6. The summed E-state index contributed by atoms with van der Waals surface area (Å²) < 4.78 is 0. The lowest BCUT2D eigenvalue weighted by Gasteiger charge is -2.16. The third-order valence-electron chi connectivity index (χ3n) is 3.11. The molecule has 1 aliphatic rings. The lowest BCUT2D eigenvalue weighted by atomic mass is 10.1. The Balaban J connectivity index is 2.01. The first-order chi connectivity index (χ1) is 8.72. The number of hydrogen-bond donors (Lipinski definition) is 1. The number of para-hydroxylation sites is 1. The number of carbonyl (C=O) groups is 2. The third kappa shape index (κ3) is 2.70. The molecule has 1 unspecified atom stereocenters. The molecule has 0 bridgehead atoms. The van der Waals surface area contributed by atoms with Crippen molar-refractivity contribution < 1.29 is 9.59 Å². The molecule has 1 fully saturated rings. The monoisotopic (exact) mass is 246 g/mol. The average Bonchev–Trinajstić information content (AvgIpc) is 2.79. The maximum Gasteiger partial charge on any atom is 0.227 e. The summed E-state index contributed by atoms with van der Waals surface area (Å²) in [6.45, 7) is 3.17. The van der Waals surface area contributed by atoms with Crippen LogP contribution in [0.3, 0.4) is 0 Å². The SMILES string of the molecule is CCCNC(=O)C1CC(=O)N(c2ccccc2)C1. The van der Waals surface area contributed by atoms with Crippen LogP contribution in [0.2, 0.25) is 0 Å². The average molecular weight is 246 g/mol. The number of nitrogens with one attached hydrogen (secondary N) is 1. The molecule has 1 heterocycles. The number of carbonyl (C=O) groups excluding carboxylic acids is 2.